The van der Waals surface area contributed by atoms with Gasteiger partial charge in [-0.15, -0.1) is 0 Å². The fraction of sp³-hybridized carbons (Fsp3) is 0.423. The number of hydrogen-bond acceptors (Lipinski definition) is 3. The molecule has 6 nitrogen and oxygen atoms in total. The Morgan fingerprint density at radius 2 is 1.59 bits per heavy atom. The summed E-state index contributed by atoms with van der Waals surface area (Å²) >= 11 is 3.40. The maximum absolute atomic E-state index is 13.2. The normalized spacial score (nSPS) is 22.6. The number of carbonyl (C=O) groups excluding carboxylic acids is 3. The fourth-order valence-electron chi connectivity index (χ4n) is 4.81. The van der Waals surface area contributed by atoms with Gasteiger partial charge in [-0.05, 0) is 68.1 Å². The molecule has 0 bridgehead atoms. The number of piperidine rings is 1. The molecule has 1 aliphatic heterocycles. The van der Waals surface area contributed by atoms with E-state index in [9.17, 15) is 18.8 Å². The van der Waals surface area contributed by atoms with Gasteiger partial charge in [0, 0.05) is 40.8 Å². The van der Waals surface area contributed by atoms with Crippen molar-refractivity contribution in [2.75, 3.05) is 13.1 Å². The maximum Gasteiger partial charge on any atom is 0.253 e. The average molecular weight is 530 g/mol. The molecule has 0 radical (unpaired) electrons. The van der Waals surface area contributed by atoms with E-state index in [1.54, 1.807) is 17.0 Å². The molecule has 2 aromatic rings. The molecule has 8 heteroatoms. The molecule has 34 heavy (non-hydrogen) atoms. The summed E-state index contributed by atoms with van der Waals surface area (Å²) in [6, 6.07) is 12.4. The van der Waals surface area contributed by atoms with Crippen molar-refractivity contribution in [3.8, 4) is 0 Å². The molecule has 180 valence electrons. The third-order valence-corrected chi connectivity index (χ3v) is 7.16. The zero-order chi connectivity index (χ0) is 24.1. The quantitative estimate of drug-likeness (QED) is 0.606. The molecular weight excluding hydrogens is 501 g/mol. The van der Waals surface area contributed by atoms with Crippen molar-refractivity contribution in [2.45, 2.75) is 50.6 Å². The number of halogens is 2. The van der Waals surface area contributed by atoms with Gasteiger partial charge in [-0.25, -0.2) is 4.39 Å². The number of likely N-dealkylation sites (tertiary alicyclic amines) is 1. The first kappa shape index (κ1) is 24.4. The smallest absolute Gasteiger partial charge is 0.253 e. The molecule has 2 aliphatic rings. The van der Waals surface area contributed by atoms with E-state index in [-0.39, 0.29) is 41.5 Å². The van der Waals surface area contributed by atoms with E-state index < -0.39 is 0 Å². The van der Waals surface area contributed by atoms with Gasteiger partial charge in [-0.3, -0.25) is 14.4 Å². The van der Waals surface area contributed by atoms with Gasteiger partial charge < -0.3 is 15.5 Å². The third kappa shape index (κ3) is 6.03. The van der Waals surface area contributed by atoms with Crippen LogP contribution in [0.15, 0.2) is 53.0 Å². The van der Waals surface area contributed by atoms with Crippen LogP contribution in [0.4, 0.5) is 4.39 Å². The van der Waals surface area contributed by atoms with Crippen LogP contribution in [0, 0.1) is 11.7 Å². The van der Waals surface area contributed by atoms with Gasteiger partial charge >= 0.3 is 0 Å². The lowest BCUT2D eigenvalue weighted by atomic mass is 9.88. The Bertz CT molecular complexity index is 1050. The van der Waals surface area contributed by atoms with Crippen molar-refractivity contribution in [1.29, 1.82) is 0 Å². The molecule has 2 fully saturated rings. The highest BCUT2D eigenvalue weighted by Crippen LogP contribution is 2.23. The first-order valence-corrected chi connectivity index (χ1v) is 12.6. The fourth-order valence-corrected chi connectivity index (χ4v) is 5.21. The van der Waals surface area contributed by atoms with Crippen molar-refractivity contribution < 1.29 is 18.8 Å². The lowest BCUT2D eigenvalue weighted by Gasteiger charge is -2.36. The summed E-state index contributed by atoms with van der Waals surface area (Å²) in [5.74, 6) is -1.07. The topological polar surface area (TPSA) is 78.5 Å². The summed E-state index contributed by atoms with van der Waals surface area (Å²) in [7, 11) is 0. The average Bonchev–Trinajstić information content (AvgIpc) is 2.85. The Morgan fingerprint density at radius 3 is 2.29 bits per heavy atom. The molecule has 0 aromatic heterocycles. The van der Waals surface area contributed by atoms with E-state index >= 15 is 0 Å². The van der Waals surface area contributed by atoms with Crippen molar-refractivity contribution in [3.63, 3.8) is 0 Å². The van der Waals surface area contributed by atoms with Gasteiger partial charge in [-0.2, -0.15) is 0 Å². The van der Waals surface area contributed by atoms with Crippen LogP contribution < -0.4 is 10.6 Å². The van der Waals surface area contributed by atoms with Crippen LogP contribution in [-0.2, 0) is 4.79 Å². The molecule has 0 unspecified atom stereocenters. The Balaban J connectivity index is 1.36. The van der Waals surface area contributed by atoms with Crippen molar-refractivity contribution in [2.24, 2.45) is 5.92 Å². The summed E-state index contributed by atoms with van der Waals surface area (Å²) in [5, 5.41) is 6.18. The van der Waals surface area contributed by atoms with Gasteiger partial charge in [0.05, 0.1) is 5.92 Å². The van der Waals surface area contributed by atoms with Gasteiger partial charge in [0.25, 0.3) is 11.8 Å². The number of amides is 3. The number of nitrogens with one attached hydrogen (secondary N) is 2. The first-order valence-electron chi connectivity index (χ1n) is 11.8. The second-order valence-electron chi connectivity index (χ2n) is 9.09. The van der Waals surface area contributed by atoms with Gasteiger partial charge in [0.15, 0.2) is 0 Å². The molecule has 4 rings (SSSR count). The summed E-state index contributed by atoms with van der Waals surface area (Å²) in [6.07, 6.45) is 5.01. The summed E-state index contributed by atoms with van der Waals surface area (Å²) in [6.45, 7) is 1.02. The van der Waals surface area contributed by atoms with Gasteiger partial charge in [0.1, 0.15) is 5.82 Å². The Hall–Kier alpha value is -2.74. The van der Waals surface area contributed by atoms with Crippen LogP contribution in [0.2, 0.25) is 0 Å². The molecule has 1 heterocycles. The number of carbonyl (C=O) groups is 3. The van der Waals surface area contributed by atoms with E-state index in [2.05, 4.69) is 26.6 Å². The minimum atomic E-state index is -0.390. The molecule has 1 aliphatic carbocycles. The highest BCUT2D eigenvalue weighted by atomic mass is 79.9. The van der Waals surface area contributed by atoms with Crippen molar-refractivity contribution in [3.05, 3.63) is 69.9 Å². The summed E-state index contributed by atoms with van der Waals surface area (Å²) < 4.78 is 14.0. The first-order chi connectivity index (χ1) is 16.4. The minimum Gasteiger partial charge on any atom is -0.351 e. The zero-order valence-electron chi connectivity index (χ0n) is 18.9. The Labute approximate surface area is 207 Å². The molecule has 3 amide bonds. The molecule has 0 spiro atoms. The lowest BCUT2D eigenvalue weighted by Crippen LogP contribution is -2.55. The molecule has 1 saturated heterocycles. The van der Waals surface area contributed by atoms with Crippen LogP contribution in [0.3, 0.4) is 0 Å². The predicted octanol–water partition coefficient (Wildman–Crippen LogP) is 4.30. The lowest BCUT2D eigenvalue weighted by molar-refractivity contribution is -0.127. The number of benzene rings is 2. The number of nitrogens with zero attached hydrogens (tertiary/aromatic N) is 1. The second-order valence-corrected chi connectivity index (χ2v) is 10.0. The predicted molar refractivity (Wildman–Crippen MR) is 131 cm³/mol. The summed E-state index contributed by atoms with van der Waals surface area (Å²) in [4.78, 5) is 40.5. The van der Waals surface area contributed by atoms with Crippen LogP contribution in [-0.4, -0.2) is 47.8 Å². The summed E-state index contributed by atoms with van der Waals surface area (Å²) in [5.41, 5.74) is 0.998. The SMILES string of the molecule is O=C(N[C@@H]1CCCC[C@H]1NC(=O)[C@@H]1CCCN(C(=O)c2cccc(Br)c2)C1)c1ccc(F)cc1. The van der Waals surface area contributed by atoms with E-state index in [4.69, 9.17) is 0 Å². The standard InChI is InChI=1S/C26H29BrFN3O3/c27-20-7-3-5-18(15-20)26(34)31-14-4-6-19(16-31)25(33)30-23-9-2-1-8-22(23)29-24(32)17-10-12-21(28)13-11-17/h3,5,7,10-13,15,19,22-23H,1-2,4,6,8-9,14,16H2,(H,29,32)(H,30,33)/t19-,22-,23-/m1/s1. The van der Waals surface area contributed by atoms with Crippen LogP contribution >= 0.6 is 15.9 Å². The van der Waals surface area contributed by atoms with Gasteiger partial charge in [0.2, 0.25) is 5.91 Å². The zero-order valence-corrected chi connectivity index (χ0v) is 20.5. The highest BCUT2D eigenvalue weighted by Gasteiger charge is 2.33. The molecule has 2 N–H and O–H groups in total. The van der Waals surface area contributed by atoms with E-state index in [0.717, 1.165) is 43.0 Å². The van der Waals surface area contributed by atoms with E-state index in [1.807, 2.05) is 12.1 Å². The molecular formula is C26H29BrFN3O3. The molecule has 1 saturated carbocycles. The van der Waals surface area contributed by atoms with Crippen molar-refractivity contribution >= 4 is 33.7 Å². The molecule has 2 aromatic carbocycles. The second kappa shape index (κ2) is 11.1. The number of hydrogen-bond donors (Lipinski definition) is 2. The van der Waals surface area contributed by atoms with Crippen LogP contribution in [0.25, 0.3) is 0 Å². The Kier molecular flexibility index (Phi) is 7.98. The Morgan fingerprint density at radius 1 is 0.882 bits per heavy atom. The van der Waals surface area contributed by atoms with E-state index in [0.29, 0.717) is 24.2 Å². The maximum atomic E-state index is 13.2. The highest BCUT2D eigenvalue weighted by molar-refractivity contribution is 9.10. The molecule has 3 atom stereocenters. The van der Waals surface area contributed by atoms with Crippen LogP contribution in [0.5, 0.6) is 0 Å². The monoisotopic (exact) mass is 529 g/mol. The minimum absolute atomic E-state index is 0.0686. The van der Waals surface area contributed by atoms with Crippen LogP contribution in [0.1, 0.15) is 59.2 Å². The largest absolute Gasteiger partial charge is 0.351 e. The number of rotatable bonds is 5. The van der Waals surface area contributed by atoms with Gasteiger partial charge in [-0.1, -0.05) is 34.8 Å². The van der Waals surface area contributed by atoms with Crippen molar-refractivity contribution in [1.82, 2.24) is 15.5 Å². The third-order valence-electron chi connectivity index (χ3n) is 6.67. The van der Waals surface area contributed by atoms with E-state index in [1.165, 1.54) is 24.3 Å².